The van der Waals surface area contributed by atoms with Gasteiger partial charge < -0.3 is 26.0 Å². The fraction of sp³-hybridized carbons (Fsp3) is 0.364. The Kier molecular flexibility index (Phi) is 5.93. The first kappa shape index (κ1) is 16.2. The van der Waals surface area contributed by atoms with Gasteiger partial charge in [-0.15, -0.1) is 0 Å². The number of amides is 1. The van der Waals surface area contributed by atoms with Gasteiger partial charge in [0, 0.05) is 18.8 Å². The Bertz CT molecular complexity index is 564. The van der Waals surface area contributed by atoms with Crippen LogP contribution >= 0.6 is 0 Å². The van der Waals surface area contributed by atoms with Crippen molar-refractivity contribution in [1.29, 1.82) is 0 Å². The molecule has 1 amide bonds. The molecule has 0 unspecified atom stereocenters. The number of hydrogen-bond donors (Lipinski definition) is 4. The standard InChI is InChI=1S/C11H13N5O5/c12-15-5-6(17)1-2-7(11(20)21)16-10(19)8(18)9-13-3-4-14-9/h3-5,7-8,18H,1-2H2,(H,13,14)(H,16,19)(H,20,21)/t7-,8+/m0/s1. The number of carboxylic acids is 1. The number of nitrogens with zero attached hydrogens (tertiary/aromatic N) is 3. The molecule has 0 bridgehead atoms. The number of aliphatic carboxylic acids is 1. The molecule has 10 nitrogen and oxygen atoms in total. The highest BCUT2D eigenvalue weighted by Crippen LogP contribution is 2.08. The molecule has 1 aromatic heterocycles. The highest BCUT2D eigenvalue weighted by Gasteiger charge is 2.26. The van der Waals surface area contributed by atoms with E-state index in [1.54, 1.807) is 0 Å². The van der Waals surface area contributed by atoms with Gasteiger partial charge in [0.2, 0.25) is 5.78 Å². The van der Waals surface area contributed by atoms with Gasteiger partial charge in [-0.3, -0.25) is 9.59 Å². The number of carboxylic acid groups (broad SMARTS) is 1. The number of rotatable bonds is 8. The number of aliphatic hydroxyl groups is 1. The number of aliphatic hydroxyl groups excluding tert-OH is 1. The van der Waals surface area contributed by atoms with Gasteiger partial charge >= 0.3 is 12.2 Å². The Morgan fingerprint density at radius 3 is 2.76 bits per heavy atom. The predicted molar refractivity (Wildman–Crippen MR) is 67.0 cm³/mol. The summed E-state index contributed by atoms with van der Waals surface area (Å²) in [7, 11) is 0. The van der Waals surface area contributed by atoms with Crippen molar-refractivity contribution < 1.29 is 29.4 Å². The van der Waals surface area contributed by atoms with Crippen LogP contribution in [0.15, 0.2) is 12.4 Å². The molecular weight excluding hydrogens is 282 g/mol. The first-order chi connectivity index (χ1) is 9.95. The second kappa shape index (κ2) is 7.68. The maximum absolute atomic E-state index is 11.7. The van der Waals surface area contributed by atoms with E-state index in [0.717, 1.165) is 0 Å². The summed E-state index contributed by atoms with van der Waals surface area (Å²) in [6.45, 7) is 0. The molecule has 112 valence electrons. The van der Waals surface area contributed by atoms with E-state index in [9.17, 15) is 19.5 Å². The van der Waals surface area contributed by atoms with Crippen molar-refractivity contribution in [2.45, 2.75) is 25.0 Å². The Morgan fingerprint density at radius 2 is 2.24 bits per heavy atom. The quantitative estimate of drug-likeness (QED) is 0.263. The van der Waals surface area contributed by atoms with E-state index >= 15 is 0 Å². The van der Waals surface area contributed by atoms with E-state index in [1.807, 2.05) is 0 Å². The lowest BCUT2D eigenvalue weighted by Crippen LogP contribution is -2.43. The minimum Gasteiger partial charge on any atom is -0.480 e. The summed E-state index contributed by atoms with van der Waals surface area (Å²) in [5.41, 5.74) is 8.15. The van der Waals surface area contributed by atoms with E-state index in [2.05, 4.69) is 20.1 Å². The van der Waals surface area contributed by atoms with Gasteiger partial charge in [0.1, 0.15) is 11.9 Å². The zero-order valence-corrected chi connectivity index (χ0v) is 10.8. The number of H-pyrrole nitrogens is 1. The topological polar surface area (TPSA) is 169 Å². The second-order valence-electron chi connectivity index (χ2n) is 4.03. The maximum Gasteiger partial charge on any atom is 0.326 e. The molecular formula is C11H13N5O5. The monoisotopic (exact) mass is 295 g/mol. The Hall–Kier alpha value is -2.84. The summed E-state index contributed by atoms with van der Waals surface area (Å²) in [4.78, 5) is 42.5. The molecule has 0 aromatic carbocycles. The van der Waals surface area contributed by atoms with Crippen LogP contribution in [0.3, 0.4) is 0 Å². The van der Waals surface area contributed by atoms with Gasteiger partial charge in [0.25, 0.3) is 5.91 Å². The number of carbonyl (C=O) groups is 3. The Labute approximate surface area is 118 Å². The molecule has 21 heavy (non-hydrogen) atoms. The number of Topliss-reactive ketones (excluding diaryl/α,β-unsaturated/α-hetero) is 1. The van der Waals surface area contributed by atoms with Crippen LogP contribution in [-0.4, -0.2) is 54.9 Å². The fourth-order valence-electron chi connectivity index (χ4n) is 1.47. The fourth-order valence-corrected chi connectivity index (χ4v) is 1.47. The molecule has 0 spiro atoms. The highest BCUT2D eigenvalue weighted by atomic mass is 16.4. The minimum atomic E-state index is -1.64. The van der Waals surface area contributed by atoms with E-state index < -0.39 is 29.8 Å². The van der Waals surface area contributed by atoms with Crippen molar-refractivity contribution >= 4 is 23.9 Å². The zero-order valence-electron chi connectivity index (χ0n) is 10.8. The lowest BCUT2D eigenvalue weighted by Gasteiger charge is -2.15. The smallest absolute Gasteiger partial charge is 0.326 e. The van der Waals surface area contributed by atoms with Crippen LogP contribution in [0.5, 0.6) is 0 Å². The van der Waals surface area contributed by atoms with Crippen LogP contribution in [0.4, 0.5) is 0 Å². The first-order valence-electron chi connectivity index (χ1n) is 5.86. The summed E-state index contributed by atoms with van der Waals surface area (Å²) < 4.78 is 0. The predicted octanol–water partition coefficient (Wildman–Crippen LogP) is -1.34. The molecule has 0 radical (unpaired) electrons. The molecule has 1 rings (SSSR count). The summed E-state index contributed by atoms with van der Waals surface area (Å²) in [5, 5.41) is 20.7. The number of ketones is 1. The number of imidazole rings is 1. The molecule has 2 atom stereocenters. The summed E-state index contributed by atoms with van der Waals surface area (Å²) in [6, 6.07) is -1.36. The van der Waals surface area contributed by atoms with Gasteiger partial charge in [0.05, 0.1) is 0 Å². The second-order valence-corrected chi connectivity index (χ2v) is 4.03. The first-order valence-corrected chi connectivity index (χ1v) is 5.86. The number of carbonyl (C=O) groups excluding carboxylic acids is 2. The largest absolute Gasteiger partial charge is 0.480 e. The zero-order chi connectivity index (χ0) is 15.8. The molecule has 1 aromatic rings. The van der Waals surface area contributed by atoms with Crippen LogP contribution < -0.4 is 5.32 Å². The van der Waals surface area contributed by atoms with Crippen molar-refractivity contribution in [3.8, 4) is 0 Å². The van der Waals surface area contributed by atoms with Crippen molar-refractivity contribution in [2.24, 2.45) is 0 Å². The number of nitrogens with one attached hydrogen (secondary N) is 2. The summed E-state index contributed by atoms with van der Waals surface area (Å²) >= 11 is 0. The van der Waals surface area contributed by atoms with E-state index in [0.29, 0.717) is 6.21 Å². The van der Waals surface area contributed by atoms with Crippen molar-refractivity contribution in [3.05, 3.63) is 23.7 Å². The van der Waals surface area contributed by atoms with E-state index in [-0.39, 0.29) is 18.7 Å². The Morgan fingerprint density at radius 1 is 1.52 bits per heavy atom. The lowest BCUT2D eigenvalue weighted by atomic mass is 10.1. The molecule has 0 aliphatic heterocycles. The van der Waals surface area contributed by atoms with Gasteiger partial charge in [-0.25, -0.2) is 9.78 Å². The third-order valence-corrected chi connectivity index (χ3v) is 2.52. The van der Waals surface area contributed by atoms with E-state index in [1.165, 1.54) is 12.4 Å². The molecule has 4 N–H and O–H groups in total. The van der Waals surface area contributed by atoms with Crippen LogP contribution in [0.25, 0.3) is 5.53 Å². The third kappa shape index (κ3) is 4.97. The van der Waals surface area contributed by atoms with E-state index in [4.69, 9.17) is 10.6 Å². The van der Waals surface area contributed by atoms with Gasteiger partial charge in [-0.1, -0.05) is 0 Å². The average molecular weight is 295 g/mol. The number of aromatic amines is 1. The molecule has 0 saturated heterocycles. The molecule has 0 fully saturated rings. The molecule has 10 heteroatoms. The van der Waals surface area contributed by atoms with Crippen molar-refractivity contribution in [1.82, 2.24) is 15.3 Å². The molecule has 0 saturated carbocycles. The maximum atomic E-state index is 11.7. The Balaban J connectivity index is 2.61. The van der Waals surface area contributed by atoms with Gasteiger partial charge in [-0.05, 0) is 6.42 Å². The van der Waals surface area contributed by atoms with Gasteiger partial charge in [-0.2, -0.15) is 4.79 Å². The average Bonchev–Trinajstić information content (AvgIpc) is 2.96. The molecule has 0 aliphatic carbocycles. The normalized spacial score (nSPS) is 12.8. The van der Waals surface area contributed by atoms with Crippen molar-refractivity contribution in [2.75, 3.05) is 0 Å². The SMILES string of the molecule is [N-]=[N+]=CC(=O)CC[C@H](NC(=O)[C@H](O)c1ncc[nH]1)C(=O)O. The molecule has 0 aliphatic rings. The highest BCUT2D eigenvalue weighted by molar-refractivity contribution is 6.25. The minimum absolute atomic E-state index is 0.0277. The molecule has 1 heterocycles. The van der Waals surface area contributed by atoms with Crippen molar-refractivity contribution in [3.63, 3.8) is 0 Å². The van der Waals surface area contributed by atoms with Crippen LogP contribution in [0, 0.1) is 0 Å². The number of hydrogen-bond acceptors (Lipinski definition) is 5. The van der Waals surface area contributed by atoms with Crippen LogP contribution in [0.2, 0.25) is 0 Å². The number of aromatic nitrogens is 2. The summed E-state index contributed by atoms with van der Waals surface area (Å²) in [5.74, 6) is -2.94. The lowest BCUT2D eigenvalue weighted by molar-refractivity contribution is -0.143. The summed E-state index contributed by atoms with van der Waals surface area (Å²) in [6.07, 6.45) is 1.27. The van der Waals surface area contributed by atoms with Crippen LogP contribution in [-0.2, 0) is 14.4 Å². The van der Waals surface area contributed by atoms with Gasteiger partial charge in [0.15, 0.2) is 6.10 Å². The van der Waals surface area contributed by atoms with Crippen LogP contribution in [0.1, 0.15) is 24.8 Å². The third-order valence-electron chi connectivity index (χ3n) is 2.52.